The van der Waals surface area contributed by atoms with Gasteiger partial charge in [-0.2, -0.15) is 0 Å². The molecular formula is C25H48O4. The van der Waals surface area contributed by atoms with Crippen molar-refractivity contribution in [1.82, 2.24) is 0 Å². The zero-order valence-corrected chi connectivity index (χ0v) is 20.0. The van der Waals surface area contributed by atoms with Crippen LogP contribution in [0.15, 0.2) is 0 Å². The topological polar surface area (TPSA) is 52.6 Å². The lowest BCUT2D eigenvalue weighted by atomic mass is 9.97. The molecule has 0 aromatic rings. The third-order valence-electron chi connectivity index (χ3n) is 5.34. The molecule has 0 radical (unpaired) electrons. The first kappa shape index (κ1) is 27.9. The molecular weight excluding hydrogens is 364 g/mol. The molecule has 0 saturated carbocycles. The second kappa shape index (κ2) is 18.9. The maximum atomic E-state index is 11.7. The van der Waals surface area contributed by atoms with Crippen LogP contribution in [-0.4, -0.2) is 25.2 Å². The third-order valence-corrected chi connectivity index (χ3v) is 5.34. The van der Waals surface area contributed by atoms with Gasteiger partial charge in [-0.15, -0.1) is 0 Å². The lowest BCUT2D eigenvalue weighted by Crippen LogP contribution is -2.09. The summed E-state index contributed by atoms with van der Waals surface area (Å²) in [6, 6.07) is 0. The van der Waals surface area contributed by atoms with Crippen LogP contribution in [0.4, 0.5) is 0 Å². The van der Waals surface area contributed by atoms with Crippen molar-refractivity contribution in [3.05, 3.63) is 0 Å². The van der Waals surface area contributed by atoms with Gasteiger partial charge < -0.3 is 9.47 Å². The Morgan fingerprint density at radius 3 is 1.52 bits per heavy atom. The van der Waals surface area contributed by atoms with Gasteiger partial charge in [-0.05, 0) is 43.4 Å². The summed E-state index contributed by atoms with van der Waals surface area (Å²) in [5, 5.41) is 0. The van der Waals surface area contributed by atoms with E-state index in [1.54, 1.807) is 0 Å². The van der Waals surface area contributed by atoms with Crippen molar-refractivity contribution in [3.8, 4) is 0 Å². The van der Waals surface area contributed by atoms with Crippen LogP contribution in [0.5, 0.6) is 0 Å². The largest absolute Gasteiger partial charge is 0.466 e. The quantitative estimate of drug-likeness (QED) is 0.168. The molecule has 4 nitrogen and oxygen atoms in total. The zero-order chi connectivity index (χ0) is 21.9. The molecule has 0 N–H and O–H groups in total. The molecule has 0 fully saturated rings. The molecule has 0 heterocycles. The highest BCUT2D eigenvalue weighted by atomic mass is 16.5. The fourth-order valence-electron chi connectivity index (χ4n) is 3.12. The number of hydrogen-bond donors (Lipinski definition) is 0. The number of hydrogen-bond acceptors (Lipinski definition) is 4. The van der Waals surface area contributed by atoms with E-state index in [9.17, 15) is 9.59 Å². The number of esters is 2. The van der Waals surface area contributed by atoms with E-state index >= 15 is 0 Å². The molecule has 1 atom stereocenters. The average Bonchev–Trinajstić information content (AvgIpc) is 2.64. The zero-order valence-electron chi connectivity index (χ0n) is 20.0. The van der Waals surface area contributed by atoms with Crippen LogP contribution in [0.25, 0.3) is 0 Å². The van der Waals surface area contributed by atoms with Crippen molar-refractivity contribution in [1.29, 1.82) is 0 Å². The molecule has 0 aliphatic rings. The molecule has 0 bridgehead atoms. The van der Waals surface area contributed by atoms with E-state index in [4.69, 9.17) is 9.47 Å². The predicted molar refractivity (Wildman–Crippen MR) is 121 cm³/mol. The minimum absolute atomic E-state index is 0.0385. The minimum atomic E-state index is -0.0405. The van der Waals surface area contributed by atoms with E-state index in [1.165, 1.54) is 38.5 Å². The number of unbranched alkanes of at least 4 members (excludes halogenated alkanes) is 6. The molecule has 0 aliphatic carbocycles. The highest BCUT2D eigenvalue weighted by Crippen LogP contribution is 2.17. The van der Waals surface area contributed by atoms with Crippen LogP contribution in [0, 0.1) is 17.8 Å². The Balaban J connectivity index is 3.39. The van der Waals surface area contributed by atoms with Crippen molar-refractivity contribution in [3.63, 3.8) is 0 Å². The van der Waals surface area contributed by atoms with E-state index < -0.39 is 0 Å². The Labute approximate surface area is 180 Å². The maximum absolute atomic E-state index is 11.7. The summed E-state index contributed by atoms with van der Waals surface area (Å²) < 4.78 is 10.5. The molecule has 29 heavy (non-hydrogen) atoms. The molecule has 0 aliphatic heterocycles. The van der Waals surface area contributed by atoms with E-state index in [1.807, 2.05) is 0 Å². The van der Waals surface area contributed by atoms with Crippen molar-refractivity contribution >= 4 is 11.9 Å². The molecule has 0 amide bonds. The second-order valence-corrected chi connectivity index (χ2v) is 9.46. The Morgan fingerprint density at radius 1 is 0.552 bits per heavy atom. The number of rotatable bonds is 19. The predicted octanol–water partition coefficient (Wildman–Crippen LogP) is 7.09. The van der Waals surface area contributed by atoms with Crippen molar-refractivity contribution in [2.24, 2.45) is 17.8 Å². The molecule has 1 unspecified atom stereocenters. The van der Waals surface area contributed by atoms with Crippen LogP contribution in [0.3, 0.4) is 0 Å². The summed E-state index contributed by atoms with van der Waals surface area (Å²) in [7, 11) is 0. The Bertz CT molecular complexity index is 404. The fraction of sp³-hybridized carbons (Fsp3) is 0.920. The molecule has 4 heteroatoms. The average molecular weight is 413 g/mol. The van der Waals surface area contributed by atoms with Gasteiger partial charge in [0.15, 0.2) is 0 Å². The summed E-state index contributed by atoms with van der Waals surface area (Å²) in [6.07, 6.45) is 13.4. The van der Waals surface area contributed by atoms with Crippen LogP contribution in [0.2, 0.25) is 0 Å². The molecule has 0 spiro atoms. The molecule has 0 aromatic carbocycles. The number of carbonyl (C=O) groups is 2. The standard InChI is InChI=1S/C25H48O4/c1-21(2)17-19-28-24(26)14-12-10-8-6-7-9-11-13-23(5)15-16-25(27)29-20-18-22(3)4/h21-23H,6-20H2,1-5H3. The highest BCUT2D eigenvalue weighted by molar-refractivity contribution is 5.69. The normalized spacial score (nSPS) is 12.4. The van der Waals surface area contributed by atoms with Crippen LogP contribution in [-0.2, 0) is 19.1 Å². The van der Waals surface area contributed by atoms with Gasteiger partial charge in [0.1, 0.15) is 0 Å². The van der Waals surface area contributed by atoms with Gasteiger partial charge in [0.25, 0.3) is 0 Å². The van der Waals surface area contributed by atoms with E-state index in [2.05, 4.69) is 34.6 Å². The lowest BCUT2D eigenvalue weighted by molar-refractivity contribution is -0.145. The maximum Gasteiger partial charge on any atom is 0.305 e. The van der Waals surface area contributed by atoms with Gasteiger partial charge in [0.05, 0.1) is 13.2 Å². The second-order valence-electron chi connectivity index (χ2n) is 9.46. The summed E-state index contributed by atoms with van der Waals surface area (Å²) in [4.78, 5) is 23.3. The monoisotopic (exact) mass is 412 g/mol. The van der Waals surface area contributed by atoms with E-state index in [0.717, 1.165) is 32.1 Å². The summed E-state index contributed by atoms with van der Waals surface area (Å²) >= 11 is 0. The van der Waals surface area contributed by atoms with Crippen LogP contribution in [0.1, 0.15) is 118 Å². The first-order valence-electron chi connectivity index (χ1n) is 12.1. The number of ether oxygens (including phenoxy) is 2. The molecule has 172 valence electrons. The van der Waals surface area contributed by atoms with Crippen LogP contribution >= 0.6 is 0 Å². The van der Waals surface area contributed by atoms with Gasteiger partial charge in [0.2, 0.25) is 0 Å². The third kappa shape index (κ3) is 21.5. The molecule has 0 saturated heterocycles. The summed E-state index contributed by atoms with van der Waals surface area (Å²) in [6.45, 7) is 11.9. The smallest absolute Gasteiger partial charge is 0.305 e. The Morgan fingerprint density at radius 2 is 1.00 bits per heavy atom. The van der Waals surface area contributed by atoms with Crippen LogP contribution < -0.4 is 0 Å². The fourth-order valence-corrected chi connectivity index (χ4v) is 3.12. The molecule has 0 aromatic heterocycles. The SMILES string of the molecule is CC(C)CCOC(=O)CCCCCCCCCC(C)CCC(=O)OCCC(C)C. The van der Waals surface area contributed by atoms with Gasteiger partial charge in [-0.3, -0.25) is 9.59 Å². The highest BCUT2D eigenvalue weighted by Gasteiger charge is 2.08. The van der Waals surface area contributed by atoms with Gasteiger partial charge in [-0.25, -0.2) is 0 Å². The van der Waals surface area contributed by atoms with Gasteiger partial charge in [0, 0.05) is 12.8 Å². The summed E-state index contributed by atoms with van der Waals surface area (Å²) in [5.41, 5.74) is 0. The Hall–Kier alpha value is -1.06. The van der Waals surface area contributed by atoms with Gasteiger partial charge in [-0.1, -0.05) is 79.6 Å². The number of carbonyl (C=O) groups excluding carboxylic acids is 2. The van der Waals surface area contributed by atoms with Crippen molar-refractivity contribution in [2.75, 3.05) is 13.2 Å². The van der Waals surface area contributed by atoms with Crippen molar-refractivity contribution in [2.45, 2.75) is 118 Å². The van der Waals surface area contributed by atoms with E-state index in [-0.39, 0.29) is 11.9 Å². The first-order valence-corrected chi connectivity index (χ1v) is 12.1. The molecule has 0 rings (SSSR count). The minimum Gasteiger partial charge on any atom is -0.466 e. The first-order chi connectivity index (χ1) is 13.8. The van der Waals surface area contributed by atoms with Crippen molar-refractivity contribution < 1.29 is 19.1 Å². The summed E-state index contributed by atoms with van der Waals surface area (Å²) in [5.74, 6) is 1.68. The van der Waals surface area contributed by atoms with Gasteiger partial charge >= 0.3 is 11.9 Å². The van der Waals surface area contributed by atoms with E-state index in [0.29, 0.717) is 43.8 Å². The lowest BCUT2D eigenvalue weighted by Gasteiger charge is -2.11. The Kier molecular flexibility index (Phi) is 18.2.